The molecule has 2 unspecified atom stereocenters. The van der Waals surface area contributed by atoms with Crippen LogP contribution in [-0.4, -0.2) is 46.9 Å². The van der Waals surface area contributed by atoms with Crippen LogP contribution in [0.4, 0.5) is 0 Å². The molecule has 0 N–H and O–H groups in total. The standard InChI is InChI=1S/C18H27N3O/c1-13(2)21-10-14-7-8-15(11-21)17(14)18(22)20(3)12-16-6-4-5-9-19-16/h4-6,9,13-15,17H,7-8,10-12H2,1-3H3. The number of piperidine rings is 1. The van der Waals surface area contributed by atoms with Crippen molar-refractivity contribution in [1.82, 2.24) is 14.8 Å². The van der Waals surface area contributed by atoms with E-state index in [1.54, 1.807) is 6.20 Å². The Bertz CT molecular complexity index is 502. The van der Waals surface area contributed by atoms with Crippen molar-refractivity contribution in [2.45, 2.75) is 39.3 Å². The zero-order valence-electron chi connectivity index (χ0n) is 13.9. The topological polar surface area (TPSA) is 36.4 Å². The zero-order valence-corrected chi connectivity index (χ0v) is 13.9. The van der Waals surface area contributed by atoms with Gasteiger partial charge in [0.25, 0.3) is 0 Å². The predicted octanol–water partition coefficient (Wildman–Crippen LogP) is 2.41. The summed E-state index contributed by atoms with van der Waals surface area (Å²) in [5.41, 5.74) is 0.963. The first-order valence-corrected chi connectivity index (χ1v) is 8.45. The van der Waals surface area contributed by atoms with Gasteiger partial charge in [-0.1, -0.05) is 6.07 Å². The number of likely N-dealkylation sites (tertiary alicyclic amines) is 1. The molecule has 3 rings (SSSR count). The Morgan fingerprint density at radius 1 is 1.32 bits per heavy atom. The maximum atomic E-state index is 12.9. The van der Waals surface area contributed by atoms with Gasteiger partial charge in [-0.15, -0.1) is 0 Å². The fourth-order valence-electron chi connectivity index (χ4n) is 4.15. The normalized spacial score (nSPS) is 28.1. The molecule has 1 aromatic heterocycles. The number of hydrogen-bond acceptors (Lipinski definition) is 3. The van der Waals surface area contributed by atoms with E-state index in [0.717, 1.165) is 18.8 Å². The average molecular weight is 301 g/mol. The summed E-state index contributed by atoms with van der Waals surface area (Å²) in [7, 11) is 1.92. The number of fused-ring (bicyclic) bond motifs is 2. The van der Waals surface area contributed by atoms with Gasteiger partial charge in [0.2, 0.25) is 5.91 Å². The van der Waals surface area contributed by atoms with Gasteiger partial charge >= 0.3 is 0 Å². The molecule has 1 aliphatic heterocycles. The molecule has 2 atom stereocenters. The van der Waals surface area contributed by atoms with Crippen LogP contribution in [0.1, 0.15) is 32.4 Å². The molecule has 2 aliphatic rings. The molecule has 0 spiro atoms. The van der Waals surface area contributed by atoms with Crippen LogP contribution in [0, 0.1) is 17.8 Å². The fraction of sp³-hybridized carbons (Fsp3) is 0.667. The molecule has 2 fully saturated rings. The van der Waals surface area contributed by atoms with Crippen molar-refractivity contribution in [3.63, 3.8) is 0 Å². The highest BCUT2D eigenvalue weighted by molar-refractivity contribution is 5.79. The summed E-state index contributed by atoms with van der Waals surface area (Å²) in [5.74, 6) is 1.63. The number of amides is 1. The molecular formula is C18H27N3O. The molecule has 4 heteroatoms. The van der Waals surface area contributed by atoms with Crippen LogP contribution in [0.2, 0.25) is 0 Å². The van der Waals surface area contributed by atoms with Crippen LogP contribution in [0.15, 0.2) is 24.4 Å². The minimum atomic E-state index is 0.226. The van der Waals surface area contributed by atoms with Crippen LogP contribution >= 0.6 is 0 Å². The third-order valence-electron chi connectivity index (χ3n) is 5.38. The summed E-state index contributed by atoms with van der Waals surface area (Å²) in [5, 5.41) is 0. The van der Waals surface area contributed by atoms with E-state index in [4.69, 9.17) is 0 Å². The van der Waals surface area contributed by atoms with E-state index in [9.17, 15) is 4.79 Å². The first-order valence-electron chi connectivity index (χ1n) is 8.45. The highest BCUT2D eigenvalue weighted by Crippen LogP contribution is 2.43. The second kappa shape index (κ2) is 6.37. The lowest BCUT2D eigenvalue weighted by atomic mass is 9.83. The number of pyridine rings is 1. The molecule has 120 valence electrons. The Morgan fingerprint density at radius 3 is 2.55 bits per heavy atom. The van der Waals surface area contributed by atoms with Crippen LogP contribution < -0.4 is 0 Å². The summed E-state index contributed by atoms with van der Waals surface area (Å²) in [4.78, 5) is 21.7. The Morgan fingerprint density at radius 2 is 2.00 bits per heavy atom. The van der Waals surface area contributed by atoms with Crippen molar-refractivity contribution < 1.29 is 4.79 Å². The zero-order chi connectivity index (χ0) is 15.7. The first-order chi connectivity index (χ1) is 10.6. The van der Waals surface area contributed by atoms with E-state index >= 15 is 0 Å². The molecule has 1 aliphatic carbocycles. The van der Waals surface area contributed by atoms with E-state index in [0.29, 0.717) is 30.3 Å². The van der Waals surface area contributed by atoms with Gasteiger partial charge in [-0.3, -0.25) is 9.78 Å². The van der Waals surface area contributed by atoms with Gasteiger partial charge in [-0.2, -0.15) is 0 Å². The summed E-state index contributed by atoms with van der Waals surface area (Å²) in [6.07, 6.45) is 4.21. The van der Waals surface area contributed by atoms with Crippen molar-refractivity contribution in [1.29, 1.82) is 0 Å². The number of rotatable bonds is 4. The van der Waals surface area contributed by atoms with E-state index in [2.05, 4.69) is 23.7 Å². The molecule has 1 saturated carbocycles. The molecule has 0 aromatic carbocycles. The quantitative estimate of drug-likeness (QED) is 0.857. The van der Waals surface area contributed by atoms with Crippen molar-refractivity contribution in [3.8, 4) is 0 Å². The number of nitrogens with zero attached hydrogens (tertiary/aromatic N) is 3. The largest absolute Gasteiger partial charge is 0.340 e. The third kappa shape index (κ3) is 3.02. The smallest absolute Gasteiger partial charge is 0.226 e. The number of hydrogen-bond donors (Lipinski definition) is 0. The van der Waals surface area contributed by atoms with Crippen LogP contribution in [0.5, 0.6) is 0 Å². The van der Waals surface area contributed by atoms with Crippen molar-refractivity contribution in [3.05, 3.63) is 30.1 Å². The molecule has 2 bridgehead atoms. The van der Waals surface area contributed by atoms with Crippen molar-refractivity contribution in [2.24, 2.45) is 17.8 Å². The van der Waals surface area contributed by atoms with Crippen LogP contribution in [0.25, 0.3) is 0 Å². The number of carbonyl (C=O) groups is 1. The lowest BCUT2D eigenvalue weighted by molar-refractivity contribution is -0.139. The summed E-state index contributed by atoms with van der Waals surface area (Å²) in [6, 6.07) is 6.46. The van der Waals surface area contributed by atoms with Crippen molar-refractivity contribution in [2.75, 3.05) is 20.1 Å². The Hall–Kier alpha value is -1.42. The number of carbonyl (C=O) groups excluding carboxylic acids is 1. The molecule has 1 amide bonds. The molecule has 4 nitrogen and oxygen atoms in total. The molecular weight excluding hydrogens is 274 g/mol. The van der Waals surface area contributed by atoms with Gasteiger partial charge in [0.15, 0.2) is 0 Å². The maximum Gasteiger partial charge on any atom is 0.226 e. The van der Waals surface area contributed by atoms with Crippen molar-refractivity contribution >= 4 is 5.91 Å². The number of aromatic nitrogens is 1. The second-order valence-electron chi connectivity index (χ2n) is 7.19. The summed E-state index contributed by atoms with van der Waals surface area (Å²) < 4.78 is 0. The Kier molecular flexibility index (Phi) is 4.48. The lowest BCUT2D eigenvalue weighted by Gasteiger charge is -2.40. The fourth-order valence-corrected chi connectivity index (χ4v) is 4.15. The lowest BCUT2D eigenvalue weighted by Crippen LogP contribution is -2.50. The molecule has 1 saturated heterocycles. The van der Waals surface area contributed by atoms with Crippen LogP contribution in [-0.2, 0) is 11.3 Å². The maximum absolute atomic E-state index is 12.9. The van der Waals surface area contributed by atoms with Crippen LogP contribution in [0.3, 0.4) is 0 Å². The molecule has 1 aromatic rings. The average Bonchev–Trinajstić information content (AvgIpc) is 2.76. The van der Waals surface area contributed by atoms with Gasteiger partial charge < -0.3 is 9.80 Å². The first kappa shape index (κ1) is 15.5. The highest BCUT2D eigenvalue weighted by atomic mass is 16.2. The van der Waals surface area contributed by atoms with E-state index < -0.39 is 0 Å². The summed E-state index contributed by atoms with van der Waals surface area (Å²) in [6.45, 7) is 7.30. The van der Waals surface area contributed by atoms with Gasteiger partial charge in [0.1, 0.15) is 0 Å². The minimum Gasteiger partial charge on any atom is -0.340 e. The molecule has 2 heterocycles. The monoisotopic (exact) mass is 301 g/mol. The predicted molar refractivity (Wildman–Crippen MR) is 87.1 cm³/mol. The molecule has 0 radical (unpaired) electrons. The molecule has 22 heavy (non-hydrogen) atoms. The summed E-state index contributed by atoms with van der Waals surface area (Å²) >= 11 is 0. The van der Waals surface area contributed by atoms with E-state index in [-0.39, 0.29) is 5.92 Å². The van der Waals surface area contributed by atoms with E-state index in [1.165, 1.54) is 12.8 Å². The van der Waals surface area contributed by atoms with Gasteiger partial charge in [-0.25, -0.2) is 0 Å². The van der Waals surface area contributed by atoms with Gasteiger partial charge in [0.05, 0.1) is 12.2 Å². The minimum absolute atomic E-state index is 0.226. The van der Waals surface area contributed by atoms with Gasteiger partial charge in [-0.05, 0) is 50.7 Å². The Labute approximate surface area is 133 Å². The third-order valence-corrected chi connectivity index (χ3v) is 5.38. The second-order valence-corrected chi connectivity index (χ2v) is 7.19. The highest BCUT2D eigenvalue weighted by Gasteiger charge is 2.46. The van der Waals surface area contributed by atoms with Gasteiger partial charge in [0, 0.05) is 38.3 Å². The Balaban J connectivity index is 1.66. The SMILES string of the molecule is CC(C)N1CC2CCC(C1)C2C(=O)N(C)Cc1ccccn1. The van der Waals surface area contributed by atoms with E-state index in [1.807, 2.05) is 30.1 Å².